The lowest BCUT2D eigenvalue weighted by molar-refractivity contribution is -0.136. The van der Waals surface area contributed by atoms with Crippen LogP contribution in [-0.2, 0) is 11.2 Å². The van der Waals surface area contributed by atoms with Crippen LogP contribution in [0.15, 0.2) is 23.6 Å². The quantitative estimate of drug-likeness (QED) is 0.839. The molecule has 0 aliphatic rings. The largest absolute Gasteiger partial charge is 0.507 e. The summed E-state index contributed by atoms with van der Waals surface area (Å²) in [5.41, 5.74) is 0.698. The number of fused-ring (bicyclic) bond motifs is 1. The van der Waals surface area contributed by atoms with Crippen molar-refractivity contribution in [2.75, 3.05) is 0 Å². The first kappa shape index (κ1) is 9.98. The van der Waals surface area contributed by atoms with Crippen molar-refractivity contribution in [1.82, 2.24) is 0 Å². The summed E-state index contributed by atoms with van der Waals surface area (Å²) in [7, 11) is 0. The van der Waals surface area contributed by atoms with E-state index in [-0.39, 0.29) is 12.2 Å². The van der Waals surface area contributed by atoms with Gasteiger partial charge < -0.3 is 10.2 Å². The molecule has 78 valence electrons. The van der Waals surface area contributed by atoms with E-state index in [1.807, 2.05) is 17.5 Å². The van der Waals surface area contributed by atoms with E-state index in [0.717, 1.165) is 10.1 Å². The van der Waals surface area contributed by atoms with Crippen molar-refractivity contribution in [1.29, 1.82) is 0 Å². The molecule has 0 unspecified atom stereocenters. The van der Waals surface area contributed by atoms with Crippen molar-refractivity contribution in [3.05, 3.63) is 29.1 Å². The molecule has 0 atom stereocenters. The van der Waals surface area contributed by atoms with Crippen LogP contribution in [0.3, 0.4) is 0 Å². The van der Waals surface area contributed by atoms with Gasteiger partial charge in [-0.1, -0.05) is 6.07 Å². The third-order valence-corrected chi connectivity index (χ3v) is 3.18. The predicted molar refractivity (Wildman–Crippen MR) is 59.4 cm³/mol. The smallest absolute Gasteiger partial charge is 0.303 e. The van der Waals surface area contributed by atoms with Gasteiger partial charge in [0.05, 0.1) is 0 Å². The Morgan fingerprint density at radius 2 is 2.13 bits per heavy atom. The van der Waals surface area contributed by atoms with Crippen molar-refractivity contribution >= 4 is 27.4 Å². The number of carboxylic acids is 1. The second-order valence-electron chi connectivity index (χ2n) is 3.30. The summed E-state index contributed by atoms with van der Waals surface area (Å²) >= 11 is 1.56. The van der Waals surface area contributed by atoms with E-state index >= 15 is 0 Å². The first-order valence-corrected chi connectivity index (χ1v) is 5.46. The van der Waals surface area contributed by atoms with Crippen molar-refractivity contribution in [3.63, 3.8) is 0 Å². The fourth-order valence-electron chi connectivity index (χ4n) is 1.52. The summed E-state index contributed by atoms with van der Waals surface area (Å²) in [6, 6.07) is 5.55. The highest BCUT2D eigenvalue weighted by Gasteiger charge is 2.08. The van der Waals surface area contributed by atoms with Crippen molar-refractivity contribution in [2.45, 2.75) is 12.8 Å². The van der Waals surface area contributed by atoms with Crippen LogP contribution in [-0.4, -0.2) is 16.2 Å². The number of aryl methyl sites for hydroxylation is 1. The molecule has 0 spiro atoms. The lowest BCUT2D eigenvalue weighted by Crippen LogP contribution is -1.97. The zero-order valence-electron chi connectivity index (χ0n) is 7.93. The molecule has 1 aromatic carbocycles. The maximum Gasteiger partial charge on any atom is 0.303 e. The Bertz CT molecular complexity index is 502. The van der Waals surface area contributed by atoms with Gasteiger partial charge in [0.15, 0.2) is 0 Å². The number of rotatable bonds is 3. The Morgan fingerprint density at radius 1 is 1.33 bits per heavy atom. The molecule has 1 heterocycles. The number of phenols is 1. The number of hydrogen-bond acceptors (Lipinski definition) is 3. The lowest BCUT2D eigenvalue weighted by atomic mass is 10.1. The monoisotopic (exact) mass is 222 g/mol. The van der Waals surface area contributed by atoms with Gasteiger partial charge in [0, 0.05) is 16.5 Å². The van der Waals surface area contributed by atoms with E-state index in [9.17, 15) is 9.90 Å². The minimum Gasteiger partial charge on any atom is -0.507 e. The molecular formula is C11H10O3S. The number of aromatic hydroxyl groups is 1. The van der Waals surface area contributed by atoms with Gasteiger partial charge in [-0.15, -0.1) is 11.3 Å². The molecule has 0 aliphatic carbocycles. The van der Waals surface area contributed by atoms with Crippen LogP contribution in [0.5, 0.6) is 5.75 Å². The first-order valence-electron chi connectivity index (χ1n) is 4.58. The summed E-state index contributed by atoms with van der Waals surface area (Å²) in [6.45, 7) is 0. The zero-order valence-corrected chi connectivity index (χ0v) is 8.75. The van der Waals surface area contributed by atoms with Gasteiger partial charge in [0.1, 0.15) is 5.75 Å². The van der Waals surface area contributed by atoms with Gasteiger partial charge in [0.25, 0.3) is 0 Å². The Labute approximate surface area is 90.6 Å². The van der Waals surface area contributed by atoms with Crippen molar-refractivity contribution in [3.8, 4) is 5.75 Å². The average Bonchev–Trinajstić information content (AvgIpc) is 2.65. The third kappa shape index (κ3) is 1.94. The number of benzene rings is 1. The van der Waals surface area contributed by atoms with E-state index in [0.29, 0.717) is 12.0 Å². The van der Waals surface area contributed by atoms with Crippen LogP contribution in [0.25, 0.3) is 10.1 Å². The van der Waals surface area contributed by atoms with E-state index in [1.165, 1.54) is 0 Å². The molecular weight excluding hydrogens is 212 g/mol. The Morgan fingerprint density at radius 3 is 2.87 bits per heavy atom. The molecule has 4 heteroatoms. The minimum atomic E-state index is -0.847. The maximum atomic E-state index is 10.4. The second kappa shape index (κ2) is 3.90. The standard InChI is InChI=1S/C11H10O3S/c12-10(13)4-2-7-1-3-9-8(11(7)14)5-6-15-9/h1,3,5-6,14H,2,4H2,(H,12,13). The summed E-state index contributed by atoms with van der Waals surface area (Å²) in [4.78, 5) is 10.4. The number of thiophene rings is 1. The molecule has 0 saturated carbocycles. The average molecular weight is 222 g/mol. The van der Waals surface area contributed by atoms with Gasteiger partial charge in [0.2, 0.25) is 0 Å². The number of carboxylic acid groups (broad SMARTS) is 1. The van der Waals surface area contributed by atoms with E-state index in [2.05, 4.69) is 0 Å². The van der Waals surface area contributed by atoms with Crippen LogP contribution < -0.4 is 0 Å². The van der Waals surface area contributed by atoms with E-state index < -0.39 is 5.97 Å². The molecule has 15 heavy (non-hydrogen) atoms. The van der Waals surface area contributed by atoms with Crippen LogP contribution >= 0.6 is 11.3 Å². The molecule has 2 rings (SSSR count). The number of hydrogen-bond donors (Lipinski definition) is 2. The van der Waals surface area contributed by atoms with Gasteiger partial charge in [-0.3, -0.25) is 4.79 Å². The summed E-state index contributed by atoms with van der Waals surface area (Å²) in [6.07, 6.45) is 0.413. The maximum absolute atomic E-state index is 10.4. The predicted octanol–water partition coefficient (Wildman–Crippen LogP) is 2.62. The molecule has 2 aromatic rings. The highest BCUT2D eigenvalue weighted by Crippen LogP contribution is 2.32. The number of aliphatic carboxylic acids is 1. The Kier molecular flexibility index (Phi) is 2.60. The van der Waals surface area contributed by atoms with Gasteiger partial charge >= 0.3 is 5.97 Å². The van der Waals surface area contributed by atoms with Gasteiger partial charge in [-0.25, -0.2) is 0 Å². The second-order valence-corrected chi connectivity index (χ2v) is 4.25. The van der Waals surface area contributed by atoms with E-state index in [1.54, 1.807) is 17.4 Å². The Balaban J connectivity index is 2.35. The normalized spacial score (nSPS) is 10.7. The molecule has 1 aromatic heterocycles. The summed E-state index contributed by atoms with van der Waals surface area (Å²) in [5.74, 6) is -0.630. The SMILES string of the molecule is O=C(O)CCc1ccc2sccc2c1O. The topological polar surface area (TPSA) is 57.5 Å². The molecule has 0 radical (unpaired) electrons. The molecule has 3 nitrogen and oxygen atoms in total. The van der Waals surface area contributed by atoms with Crippen LogP contribution in [0.2, 0.25) is 0 Å². The van der Waals surface area contributed by atoms with Gasteiger partial charge in [-0.2, -0.15) is 0 Å². The zero-order chi connectivity index (χ0) is 10.8. The summed E-state index contributed by atoms with van der Waals surface area (Å²) in [5, 5.41) is 21.1. The molecule has 0 amide bonds. The van der Waals surface area contributed by atoms with Gasteiger partial charge in [-0.05, 0) is 29.5 Å². The van der Waals surface area contributed by atoms with Crippen LogP contribution in [0.4, 0.5) is 0 Å². The van der Waals surface area contributed by atoms with Crippen LogP contribution in [0, 0.1) is 0 Å². The Hall–Kier alpha value is -1.55. The highest BCUT2D eigenvalue weighted by molar-refractivity contribution is 7.17. The molecule has 0 bridgehead atoms. The molecule has 0 aliphatic heterocycles. The van der Waals surface area contributed by atoms with Crippen LogP contribution in [0.1, 0.15) is 12.0 Å². The number of phenolic OH excluding ortho intramolecular Hbond substituents is 1. The van der Waals surface area contributed by atoms with Crippen molar-refractivity contribution in [2.24, 2.45) is 0 Å². The first-order chi connectivity index (χ1) is 7.18. The number of carbonyl (C=O) groups is 1. The van der Waals surface area contributed by atoms with Crippen molar-refractivity contribution < 1.29 is 15.0 Å². The third-order valence-electron chi connectivity index (χ3n) is 2.30. The molecule has 0 saturated heterocycles. The fourth-order valence-corrected chi connectivity index (χ4v) is 2.31. The molecule has 2 N–H and O–H groups in total. The minimum absolute atomic E-state index is 0.0448. The summed E-state index contributed by atoms with van der Waals surface area (Å²) < 4.78 is 1.02. The molecule has 0 fully saturated rings. The lowest BCUT2D eigenvalue weighted by Gasteiger charge is -2.03. The van der Waals surface area contributed by atoms with E-state index in [4.69, 9.17) is 5.11 Å². The fraction of sp³-hybridized carbons (Fsp3) is 0.182. The highest BCUT2D eigenvalue weighted by atomic mass is 32.1.